The molecule has 8 nitrogen and oxygen atoms in total. The minimum Gasteiger partial charge on any atom is -0.383 e. The molecule has 1 aliphatic heterocycles. The highest BCUT2D eigenvalue weighted by atomic mass is 32.1. The molecule has 2 amide bonds. The van der Waals surface area contributed by atoms with Gasteiger partial charge < -0.3 is 9.64 Å². The van der Waals surface area contributed by atoms with Crippen LogP contribution in [0.5, 0.6) is 0 Å². The van der Waals surface area contributed by atoms with Crippen molar-refractivity contribution in [2.75, 3.05) is 25.6 Å². The zero-order valence-corrected chi connectivity index (χ0v) is 19.6. The van der Waals surface area contributed by atoms with Crippen molar-refractivity contribution in [1.29, 1.82) is 0 Å². The van der Waals surface area contributed by atoms with Gasteiger partial charge in [-0.05, 0) is 56.9 Å². The zero-order valence-electron chi connectivity index (χ0n) is 18.8. The van der Waals surface area contributed by atoms with E-state index in [9.17, 15) is 9.59 Å². The minimum absolute atomic E-state index is 0.0365. The van der Waals surface area contributed by atoms with Crippen molar-refractivity contribution in [3.8, 4) is 0 Å². The molecule has 0 spiro atoms. The van der Waals surface area contributed by atoms with Crippen molar-refractivity contribution in [3.05, 3.63) is 47.2 Å². The lowest BCUT2D eigenvalue weighted by Gasteiger charge is -2.23. The number of thiazole rings is 1. The number of fused-ring (bicyclic) bond motifs is 1. The number of hydrogen-bond donors (Lipinski definition) is 1. The van der Waals surface area contributed by atoms with Gasteiger partial charge in [0.2, 0.25) is 0 Å². The number of methoxy groups -OCH3 is 1. The first-order valence-electron chi connectivity index (χ1n) is 10.5. The fourth-order valence-electron chi connectivity index (χ4n) is 3.92. The number of aromatic nitrogens is 3. The highest BCUT2D eigenvalue weighted by Crippen LogP contribution is 2.32. The molecule has 1 fully saturated rings. The van der Waals surface area contributed by atoms with Crippen LogP contribution in [0, 0.1) is 13.8 Å². The summed E-state index contributed by atoms with van der Waals surface area (Å²) in [7, 11) is 1.64. The second kappa shape index (κ2) is 8.84. The molecule has 1 N–H and O–H groups in total. The van der Waals surface area contributed by atoms with E-state index in [1.54, 1.807) is 24.8 Å². The van der Waals surface area contributed by atoms with Gasteiger partial charge in [0.1, 0.15) is 4.70 Å². The second-order valence-corrected chi connectivity index (χ2v) is 9.17. The first-order chi connectivity index (χ1) is 15.3. The van der Waals surface area contributed by atoms with Gasteiger partial charge in [-0.3, -0.25) is 14.9 Å². The van der Waals surface area contributed by atoms with Crippen molar-refractivity contribution in [3.63, 3.8) is 0 Å². The van der Waals surface area contributed by atoms with E-state index in [0.29, 0.717) is 45.6 Å². The Morgan fingerprint density at radius 3 is 2.78 bits per heavy atom. The Balaban J connectivity index is 1.67. The molecule has 3 aromatic rings. The van der Waals surface area contributed by atoms with Crippen molar-refractivity contribution < 1.29 is 14.3 Å². The number of aryl methyl sites for hydroxylation is 2. The quantitative estimate of drug-likeness (QED) is 0.607. The van der Waals surface area contributed by atoms with Gasteiger partial charge >= 0.3 is 0 Å². The first kappa shape index (κ1) is 22.2. The molecule has 0 saturated carbocycles. The largest absolute Gasteiger partial charge is 0.383 e. The highest BCUT2D eigenvalue weighted by molar-refractivity contribution is 7.22. The summed E-state index contributed by atoms with van der Waals surface area (Å²) in [6.45, 7) is 10.9. The number of ether oxygens (including phenoxy) is 1. The highest BCUT2D eigenvalue weighted by Gasteiger charge is 2.33. The number of nitrogens with zero attached hydrogens (tertiary/aromatic N) is 4. The molecule has 9 heteroatoms. The molecule has 1 aliphatic rings. The third-order valence-electron chi connectivity index (χ3n) is 5.78. The predicted octanol–water partition coefficient (Wildman–Crippen LogP) is 4.10. The fraction of sp³-hybridized carbons (Fsp3) is 0.391. The van der Waals surface area contributed by atoms with Crippen molar-refractivity contribution >= 4 is 44.3 Å². The zero-order chi connectivity index (χ0) is 23.0. The topological polar surface area (TPSA) is 89.4 Å². The van der Waals surface area contributed by atoms with Crippen molar-refractivity contribution in [1.82, 2.24) is 19.7 Å². The van der Waals surface area contributed by atoms with E-state index in [4.69, 9.17) is 4.74 Å². The molecule has 1 atom stereocenters. The molecule has 32 heavy (non-hydrogen) atoms. The number of amides is 2. The SMILES string of the molecule is C=C(C)n1nc(C(=O)N2CCC[C@H]2COC)c2sc(NC(=O)c3ccc(C)c(C)c3)nc21. The van der Waals surface area contributed by atoms with Crippen LogP contribution in [-0.2, 0) is 4.74 Å². The van der Waals surface area contributed by atoms with Gasteiger partial charge in [-0.1, -0.05) is 24.0 Å². The summed E-state index contributed by atoms with van der Waals surface area (Å²) in [6.07, 6.45) is 1.84. The van der Waals surface area contributed by atoms with Crippen LogP contribution in [0.25, 0.3) is 16.0 Å². The maximum Gasteiger partial charge on any atom is 0.276 e. The number of allylic oxidation sites excluding steroid dienone is 1. The molecule has 0 radical (unpaired) electrons. The molecule has 4 rings (SSSR count). The van der Waals surface area contributed by atoms with Crippen LogP contribution < -0.4 is 5.32 Å². The standard InChI is InChI=1S/C23H27N5O3S/c1-13(2)28-20-19(18(26-28)22(30)27-10-6-7-17(27)12-31-5)32-23(24-20)25-21(29)16-9-8-14(3)15(4)11-16/h8-9,11,17H,1,6-7,10,12H2,2-5H3,(H,24,25,29)/t17-/m0/s1. The normalized spacial score (nSPS) is 16.0. The number of carbonyl (C=O) groups excluding carboxylic acids is 2. The van der Waals surface area contributed by atoms with E-state index in [2.05, 4.69) is 22.0 Å². The molecular weight excluding hydrogens is 426 g/mol. The molecule has 0 bridgehead atoms. The Hall–Kier alpha value is -3.04. The summed E-state index contributed by atoms with van der Waals surface area (Å²) in [5.41, 5.74) is 4.22. The maximum absolute atomic E-state index is 13.4. The summed E-state index contributed by atoms with van der Waals surface area (Å²) in [5, 5.41) is 7.79. The summed E-state index contributed by atoms with van der Waals surface area (Å²) in [4.78, 5) is 32.5. The average Bonchev–Trinajstić information content (AvgIpc) is 3.44. The number of anilines is 1. The van der Waals surface area contributed by atoms with E-state index in [-0.39, 0.29) is 17.9 Å². The van der Waals surface area contributed by atoms with Crippen LogP contribution >= 0.6 is 11.3 Å². The van der Waals surface area contributed by atoms with Crippen LogP contribution in [-0.4, -0.2) is 57.8 Å². The van der Waals surface area contributed by atoms with Crippen LogP contribution in [0.4, 0.5) is 5.13 Å². The van der Waals surface area contributed by atoms with Gasteiger partial charge in [-0.2, -0.15) is 10.1 Å². The fourth-order valence-corrected chi connectivity index (χ4v) is 4.84. The lowest BCUT2D eigenvalue weighted by atomic mass is 10.1. The van der Waals surface area contributed by atoms with Gasteiger partial charge in [-0.15, -0.1) is 0 Å². The average molecular weight is 454 g/mol. The number of benzene rings is 1. The van der Waals surface area contributed by atoms with Crippen LogP contribution in [0.2, 0.25) is 0 Å². The Labute approximate surface area is 190 Å². The van der Waals surface area contributed by atoms with Gasteiger partial charge in [0, 0.05) is 24.9 Å². The third-order valence-corrected chi connectivity index (χ3v) is 6.74. The number of hydrogen-bond acceptors (Lipinski definition) is 6. The first-order valence-corrected chi connectivity index (χ1v) is 11.4. The maximum atomic E-state index is 13.4. The van der Waals surface area contributed by atoms with Gasteiger partial charge in [-0.25, -0.2) is 4.68 Å². The lowest BCUT2D eigenvalue weighted by molar-refractivity contribution is 0.0626. The van der Waals surface area contributed by atoms with E-state index in [1.807, 2.05) is 30.9 Å². The number of nitrogens with one attached hydrogen (secondary N) is 1. The van der Waals surface area contributed by atoms with Crippen LogP contribution in [0.1, 0.15) is 51.7 Å². The molecule has 1 aromatic carbocycles. The van der Waals surface area contributed by atoms with Gasteiger partial charge in [0.25, 0.3) is 11.8 Å². The molecule has 3 heterocycles. The van der Waals surface area contributed by atoms with Crippen LogP contribution in [0.3, 0.4) is 0 Å². The number of carbonyl (C=O) groups is 2. The van der Waals surface area contributed by atoms with E-state index in [0.717, 1.165) is 24.0 Å². The Morgan fingerprint density at radius 1 is 1.31 bits per heavy atom. The van der Waals surface area contributed by atoms with Crippen molar-refractivity contribution in [2.24, 2.45) is 0 Å². The van der Waals surface area contributed by atoms with E-state index in [1.165, 1.54) is 11.3 Å². The lowest BCUT2D eigenvalue weighted by Crippen LogP contribution is -2.38. The van der Waals surface area contributed by atoms with Crippen LogP contribution in [0.15, 0.2) is 24.8 Å². The Kier molecular flexibility index (Phi) is 6.12. The molecule has 0 aliphatic carbocycles. The molecule has 0 unspecified atom stereocenters. The second-order valence-electron chi connectivity index (χ2n) is 8.17. The summed E-state index contributed by atoms with van der Waals surface area (Å²) >= 11 is 1.25. The monoisotopic (exact) mass is 453 g/mol. The number of rotatable bonds is 6. The minimum atomic E-state index is -0.244. The number of likely N-dealkylation sites (tertiary alicyclic amines) is 1. The molecule has 1 saturated heterocycles. The Morgan fingerprint density at radius 2 is 2.09 bits per heavy atom. The van der Waals surface area contributed by atoms with Gasteiger partial charge in [0.05, 0.1) is 12.6 Å². The van der Waals surface area contributed by atoms with E-state index >= 15 is 0 Å². The molecule has 168 valence electrons. The molecule has 2 aromatic heterocycles. The smallest absolute Gasteiger partial charge is 0.276 e. The third kappa shape index (κ3) is 4.05. The summed E-state index contributed by atoms with van der Waals surface area (Å²) in [6, 6.07) is 5.60. The van der Waals surface area contributed by atoms with Gasteiger partial charge in [0.15, 0.2) is 16.5 Å². The van der Waals surface area contributed by atoms with E-state index < -0.39 is 0 Å². The van der Waals surface area contributed by atoms with Crippen molar-refractivity contribution in [2.45, 2.75) is 39.7 Å². The molecular formula is C23H27N5O3S. The summed E-state index contributed by atoms with van der Waals surface area (Å²) < 4.78 is 7.48. The summed E-state index contributed by atoms with van der Waals surface area (Å²) in [5.74, 6) is -0.392. The predicted molar refractivity (Wildman–Crippen MR) is 126 cm³/mol. The Bertz CT molecular complexity index is 1210.